The van der Waals surface area contributed by atoms with Crippen molar-refractivity contribution in [2.45, 2.75) is 26.3 Å². The second kappa shape index (κ2) is 5.20. The van der Waals surface area contributed by atoms with E-state index >= 15 is 0 Å². The number of rotatable bonds is 5. The summed E-state index contributed by atoms with van der Waals surface area (Å²) in [6, 6.07) is 8.36. The molecule has 0 radical (unpaired) electrons. The van der Waals surface area contributed by atoms with Crippen molar-refractivity contribution in [3.05, 3.63) is 34.2 Å². The minimum Gasteiger partial charge on any atom is -0.312 e. The Balaban J connectivity index is 1.65. The quantitative estimate of drug-likeness (QED) is 0.837. The van der Waals surface area contributed by atoms with E-state index in [1.165, 1.54) is 27.8 Å². The third-order valence-electron chi connectivity index (χ3n) is 3.78. The van der Waals surface area contributed by atoms with Gasteiger partial charge in [-0.25, -0.2) is 0 Å². The van der Waals surface area contributed by atoms with E-state index in [0.29, 0.717) is 0 Å². The fourth-order valence-corrected chi connectivity index (χ4v) is 3.89. The maximum Gasteiger partial charge on any atom is 0.0636 e. The number of benzene rings is 1. The highest BCUT2D eigenvalue weighted by Gasteiger charge is 2.27. The van der Waals surface area contributed by atoms with E-state index in [4.69, 9.17) is 11.6 Å². The highest BCUT2D eigenvalue weighted by atomic mass is 35.5. The lowest BCUT2D eigenvalue weighted by molar-refractivity contribution is 0.463. The Morgan fingerprint density at radius 3 is 2.89 bits per heavy atom. The van der Waals surface area contributed by atoms with Crippen LogP contribution in [0, 0.1) is 11.8 Å². The average Bonchev–Trinajstić information content (AvgIpc) is 3.17. The summed E-state index contributed by atoms with van der Waals surface area (Å²) in [6.07, 6.45) is 2.85. The zero-order chi connectivity index (χ0) is 12.5. The summed E-state index contributed by atoms with van der Waals surface area (Å²) in [5.74, 6) is 1.77. The van der Waals surface area contributed by atoms with Crippen LogP contribution in [0.1, 0.15) is 24.6 Å². The van der Waals surface area contributed by atoms with Crippen molar-refractivity contribution >= 4 is 33.0 Å². The molecule has 1 atom stereocenters. The fraction of sp³-hybridized carbons (Fsp3) is 0.467. The van der Waals surface area contributed by atoms with Gasteiger partial charge < -0.3 is 5.32 Å². The van der Waals surface area contributed by atoms with Crippen molar-refractivity contribution < 1.29 is 0 Å². The second-order valence-electron chi connectivity index (χ2n) is 5.28. The standard InChI is InChI=1S/C15H18ClNS/c1-10(11-6-7-11)8-17-9-14-15(16)12-4-2-3-5-13(12)18-14/h2-5,10-11,17H,6-9H2,1H3. The third-order valence-corrected chi connectivity index (χ3v) is 5.49. The molecule has 1 aliphatic rings. The van der Waals surface area contributed by atoms with Crippen LogP contribution in [0.25, 0.3) is 10.1 Å². The van der Waals surface area contributed by atoms with Crippen LogP contribution in [-0.2, 0) is 6.54 Å². The molecule has 0 aliphatic heterocycles. The van der Waals surface area contributed by atoms with Gasteiger partial charge in [-0.3, -0.25) is 0 Å². The minimum absolute atomic E-state index is 0.804. The molecular weight excluding hydrogens is 262 g/mol. The Bertz CT molecular complexity index is 544. The number of nitrogens with one attached hydrogen (secondary N) is 1. The molecule has 0 spiro atoms. The first-order chi connectivity index (χ1) is 8.75. The molecule has 0 amide bonds. The van der Waals surface area contributed by atoms with Gasteiger partial charge in [-0.1, -0.05) is 36.7 Å². The van der Waals surface area contributed by atoms with Gasteiger partial charge in [-0.15, -0.1) is 11.3 Å². The molecule has 0 bridgehead atoms. The van der Waals surface area contributed by atoms with Crippen LogP contribution in [0.2, 0.25) is 5.02 Å². The topological polar surface area (TPSA) is 12.0 Å². The fourth-order valence-electron chi connectivity index (χ4n) is 2.42. The van der Waals surface area contributed by atoms with Crippen molar-refractivity contribution in [2.75, 3.05) is 6.54 Å². The Morgan fingerprint density at radius 1 is 1.39 bits per heavy atom. The highest BCUT2D eigenvalue weighted by Crippen LogP contribution is 2.37. The minimum atomic E-state index is 0.804. The van der Waals surface area contributed by atoms with E-state index in [1.54, 1.807) is 11.3 Å². The normalized spacial score (nSPS) is 17.2. The molecule has 3 rings (SSSR count). The summed E-state index contributed by atoms with van der Waals surface area (Å²) in [5.41, 5.74) is 0. The van der Waals surface area contributed by atoms with Crippen molar-refractivity contribution in [1.29, 1.82) is 0 Å². The molecule has 3 heteroatoms. The number of thiophene rings is 1. The van der Waals surface area contributed by atoms with Gasteiger partial charge in [0.25, 0.3) is 0 Å². The monoisotopic (exact) mass is 279 g/mol. The molecule has 96 valence electrons. The van der Waals surface area contributed by atoms with Gasteiger partial charge in [0, 0.05) is 21.5 Å². The Kier molecular flexibility index (Phi) is 3.60. The first-order valence-electron chi connectivity index (χ1n) is 6.62. The lowest BCUT2D eigenvalue weighted by Crippen LogP contribution is -2.21. The maximum atomic E-state index is 6.42. The second-order valence-corrected chi connectivity index (χ2v) is 6.80. The summed E-state index contributed by atoms with van der Waals surface area (Å²) >= 11 is 8.22. The first-order valence-corrected chi connectivity index (χ1v) is 7.82. The summed E-state index contributed by atoms with van der Waals surface area (Å²) in [4.78, 5) is 1.26. The maximum absolute atomic E-state index is 6.42. The van der Waals surface area contributed by atoms with Gasteiger partial charge in [0.15, 0.2) is 0 Å². The predicted octanol–water partition coefficient (Wildman–Crippen LogP) is 4.69. The molecule has 1 fully saturated rings. The van der Waals surface area contributed by atoms with E-state index in [-0.39, 0.29) is 0 Å². The van der Waals surface area contributed by atoms with Crippen molar-refractivity contribution in [3.63, 3.8) is 0 Å². The van der Waals surface area contributed by atoms with Crippen molar-refractivity contribution in [2.24, 2.45) is 11.8 Å². The zero-order valence-corrected chi connectivity index (χ0v) is 12.2. The molecule has 1 unspecified atom stereocenters. The van der Waals surface area contributed by atoms with Crippen LogP contribution in [0.15, 0.2) is 24.3 Å². The van der Waals surface area contributed by atoms with Crippen LogP contribution < -0.4 is 5.32 Å². The zero-order valence-electron chi connectivity index (χ0n) is 10.6. The van der Waals surface area contributed by atoms with Crippen molar-refractivity contribution in [3.8, 4) is 0 Å². The van der Waals surface area contributed by atoms with E-state index in [9.17, 15) is 0 Å². The molecule has 1 N–H and O–H groups in total. The SMILES string of the molecule is CC(CNCc1sc2ccccc2c1Cl)C1CC1. The van der Waals surface area contributed by atoms with Crippen LogP contribution in [-0.4, -0.2) is 6.54 Å². The Labute approximate surface area is 117 Å². The smallest absolute Gasteiger partial charge is 0.0636 e. The number of halogens is 1. The van der Waals surface area contributed by atoms with Crippen LogP contribution >= 0.6 is 22.9 Å². The lowest BCUT2D eigenvalue weighted by Gasteiger charge is -2.10. The molecule has 2 aromatic rings. The highest BCUT2D eigenvalue weighted by molar-refractivity contribution is 7.19. The van der Waals surface area contributed by atoms with E-state index < -0.39 is 0 Å². The van der Waals surface area contributed by atoms with Gasteiger partial charge in [-0.2, -0.15) is 0 Å². The molecule has 1 aromatic heterocycles. The Hall–Kier alpha value is -0.570. The van der Waals surface area contributed by atoms with Crippen molar-refractivity contribution in [1.82, 2.24) is 5.32 Å². The number of fused-ring (bicyclic) bond motifs is 1. The molecule has 1 nitrogen and oxygen atoms in total. The first kappa shape index (κ1) is 12.5. The van der Waals surface area contributed by atoms with Crippen LogP contribution in [0.3, 0.4) is 0 Å². The lowest BCUT2D eigenvalue weighted by atomic mass is 10.1. The molecule has 1 aliphatic carbocycles. The molecule has 18 heavy (non-hydrogen) atoms. The molecule has 1 heterocycles. The number of hydrogen-bond acceptors (Lipinski definition) is 2. The molecule has 1 aromatic carbocycles. The predicted molar refractivity (Wildman–Crippen MR) is 80.4 cm³/mol. The van der Waals surface area contributed by atoms with Gasteiger partial charge >= 0.3 is 0 Å². The third kappa shape index (κ3) is 2.56. The summed E-state index contributed by atoms with van der Waals surface area (Å²) in [5, 5.41) is 5.67. The largest absolute Gasteiger partial charge is 0.312 e. The van der Waals surface area contributed by atoms with Gasteiger partial charge in [-0.05, 0) is 37.3 Å². The molecule has 1 saturated carbocycles. The summed E-state index contributed by atoms with van der Waals surface area (Å²) in [6.45, 7) is 4.35. The van der Waals surface area contributed by atoms with Gasteiger partial charge in [0.1, 0.15) is 0 Å². The van der Waals surface area contributed by atoms with E-state index in [0.717, 1.165) is 29.9 Å². The van der Waals surface area contributed by atoms with Crippen LogP contribution in [0.5, 0.6) is 0 Å². The number of hydrogen-bond donors (Lipinski definition) is 1. The van der Waals surface area contributed by atoms with E-state index in [1.807, 2.05) is 6.07 Å². The molecular formula is C15H18ClNS. The van der Waals surface area contributed by atoms with Gasteiger partial charge in [0.2, 0.25) is 0 Å². The average molecular weight is 280 g/mol. The summed E-state index contributed by atoms with van der Waals surface area (Å²) in [7, 11) is 0. The molecule has 0 saturated heterocycles. The Morgan fingerprint density at radius 2 is 2.17 bits per heavy atom. The van der Waals surface area contributed by atoms with Gasteiger partial charge in [0.05, 0.1) is 5.02 Å². The van der Waals surface area contributed by atoms with E-state index in [2.05, 4.69) is 30.4 Å². The van der Waals surface area contributed by atoms with Crippen LogP contribution in [0.4, 0.5) is 0 Å². The summed E-state index contributed by atoms with van der Waals surface area (Å²) < 4.78 is 1.29.